The Morgan fingerprint density at radius 2 is 2.24 bits per heavy atom. The van der Waals surface area contributed by atoms with Crippen molar-refractivity contribution in [1.29, 1.82) is 0 Å². The number of aryl methyl sites for hydroxylation is 1. The summed E-state index contributed by atoms with van der Waals surface area (Å²) in [5.74, 6) is -0.242. The van der Waals surface area contributed by atoms with Crippen molar-refractivity contribution in [2.75, 3.05) is 4.72 Å². The van der Waals surface area contributed by atoms with Crippen LogP contribution < -0.4 is 10.5 Å². The Balaban J connectivity index is 2.49. The minimum absolute atomic E-state index is 0.00654. The van der Waals surface area contributed by atoms with Crippen molar-refractivity contribution < 1.29 is 13.6 Å². The van der Waals surface area contributed by atoms with Crippen LogP contribution in [0.2, 0.25) is 5.02 Å². The number of benzene rings is 1. The predicted octanol–water partition coefficient (Wildman–Crippen LogP) is 1.27. The number of aromatic nitrogens is 2. The summed E-state index contributed by atoms with van der Waals surface area (Å²) >= 11 is 5.85. The second kappa shape index (κ2) is 5.62. The van der Waals surface area contributed by atoms with Gasteiger partial charge in [-0.2, -0.15) is 5.10 Å². The summed E-state index contributed by atoms with van der Waals surface area (Å²) in [6, 6.07) is 4.30. The Morgan fingerprint density at radius 1 is 1.52 bits per heavy atom. The second-order valence-corrected chi connectivity index (χ2v) is 6.23. The van der Waals surface area contributed by atoms with Crippen molar-refractivity contribution in [1.82, 2.24) is 10.2 Å². The fourth-order valence-electron chi connectivity index (χ4n) is 1.69. The van der Waals surface area contributed by atoms with E-state index in [1.165, 1.54) is 24.4 Å². The second-order valence-electron chi connectivity index (χ2n) is 4.14. The quantitative estimate of drug-likeness (QED) is 0.290. The van der Waals surface area contributed by atoms with Crippen LogP contribution in [0.25, 0.3) is 0 Å². The smallest absolute Gasteiger partial charge is 0.265 e. The van der Waals surface area contributed by atoms with Gasteiger partial charge >= 0.3 is 0 Å². The average Bonchev–Trinajstić information content (AvgIpc) is 2.85. The van der Waals surface area contributed by atoms with Gasteiger partial charge in [0.05, 0.1) is 17.6 Å². The lowest BCUT2D eigenvalue weighted by Gasteiger charge is -2.11. The van der Waals surface area contributed by atoms with Crippen LogP contribution in [0.4, 0.5) is 5.69 Å². The molecule has 1 aromatic carbocycles. The fourth-order valence-corrected chi connectivity index (χ4v) is 3.07. The van der Waals surface area contributed by atoms with Crippen molar-refractivity contribution in [2.24, 2.45) is 10.9 Å². The van der Waals surface area contributed by atoms with Crippen LogP contribution >= 0.6 is 11.6 Å². The van der Waals surface area contributed by atoms with Crippen molar-refractivity contribution in [3.63, 3.8) is 0 Å². The predicted molar refractivity (Wildman–Crippen MR) is 78.1 cm³/mol. The highest BCUT2D eigenvalue weighted by Gasteiger charge is 2.21. The molecule has 8 nitrogen and oxygen atoms in total. The number of nitrogens with two attached hydrogens (primary N) is 1. The van der Waals surface area contributed by atoms with Gasteiger partial charge in [0, 0.05) is 10.6 Å². The first-order valence-electron chi connectivity index (χ1n) is 5.65. The Bertz CT molecular complexity index is 800. The van der Waals surface area contributed by atoms with Gasteiger partial charge in [-0.05, 0) is 25.1 Å². The van der Waals surface area contributed by atoms with Gasteiger partial charge in [0.25, 0.3) is 10.0 Å². The molecule has 0 unspecified atom stereocenters. The van der Waals surface area contributed by atoms with Crippen molar-refractivity contribution in [3.05, 3.63) is 40.7 Å². The molecule has 0 atom stereocenters. The number of anilines is 1. The maximum Gasteiger partial charge on any atom is 0.265 e. The Kier molecular flexibility index (Phi) is 4.05. The van der Waals surface area contributed by atoms with Crippen LogP contribution in [-0.4, -0.2) is 29.7 Å². The first-order valence-corrected chi connectivity index (χ1v) is 7.51. The Labute approximate surface area is 125 Å². The molecule has 10 heteroatoms. The lowest BCUT2D eigenvalue weighted by atomic mass is 10.1. The Hall–Kier alpha value is -2.26. The van der Waals surface area contributed by atoms with Gasteiger partial charge in [0.15, 0.2) is 5.84 Å². The maximum absolute atomic E-state index is 12.3. The molecule has 1 aromatic heterocycles. The third-order valence-corrected chi connectivity index (χ3v) is 4.40. The van der Waals surface area contributed by atoms with E-state index in [2.05, 4.69) is 20.1 Å². The molecule has 21 heavy (non-hydrogen) atoms. The number of rotatable bonds is 4. The summed E-state index contributed by atoms with van der Waals surface area (Å²) in [5, 5.41) is 18.1. The number of aromatic amines is 1. The Morgan fingerprint density at radius 3 is 2.81 bits per heavy atom. The molecule has 112 valence electrons. The van der Waals surface area contributed by atoms with E-state index in [4.69, 9.17) is 22.5 Å². The van der Waals surface area contributed by atoms with Gasteiger partial charge in [-0.15, -0.1) is 0 Å². The first kappa shape index (κ1) is 15.1. The molecule has 0 amide bonds. The molecular formula is C11H12ClN5O3S. The van der Waals surface area contributed by atoms with E-state index in [0.717, 1.165) is 0 Å². The van der Waals surface area contributed by atoms with Crippen LogP contribution in [0.5, 0.6) is 0 Å². The van der Waals surface area contributed by atoms with Crippen molar-refractivity contribution in [3.8, 4) is 0 Å². The summed E-state index contributed by atoms with van der Waals surface area (Å²) < 4.78 is 26.9. The standard InChI is InChI=1S/C11H12ClN5O3S/c1-6-10(5-14-15-6)21(19,20)17-9-4-7(12)2-3-8(9)11(13)16-18/h2-5,17-18H,1H3,(H2,13,16)(H,14,15). The zero-order chi connectivity index (χ0) is 15.6. The molecule has 0 radical (unpaired) electrons. The van der Waals surface area contributed by atoms with Gasteiger partial charge in [-0.25, -0.2) is 8.42 Å². The van der Waals surface area contributed by atoms with E-state index in [1.807, 2.05) is 0 Å². The first-order chi connectivity index (χ1) is 9.85. The highest BCUT2D eigenvalue weighted by Crippen LogP contribution is 2.24. The highest BCUT2D eigenvalue weighted by molar-refractivity contribution is 7.92. The fraction of sp³-hybridized carbons (Fsp3) is 0.0909. The van der Waals surface area contributed by atoms with E-state index in [0.29, 0.717) is 10.7 Å². The van der Waals surface area contributed by atoms with E-state index in [-0.39, 0.29) is 22.0 Å². The molecule has 0 bridgehead atoms. The minimum atomic E-state index is -3.88. The van der Waals surface area contributed by atoms with Gasteiger partial charge in [0.2, 0.25) is 0 Å². The van der Waals surface area contributed by atoms with Crippen LogP contribution in [-0.2, 0) is 10.0 Å². The van der Waals surface area contributed by atoms with Gasteiger partial charge in [-0.3, -0.25) is 9.82 Å². The molecule has 0 aliphatic carbocycles. The number of oxime groups is 1. The molecular weight excluding hydrogens is 318 g/mol. The number of hydrogen-bond donors (Lipinski definition) is 4. The lowest BCUT2D eigenvalue weighted by Crippen LogP contribution is -2.19. The van der Waals surface area contributed by atoms with Crippen LogP contribution in [0, 0.1) is 6.92 Å². The van der Waals surface area contributed by atoms with E-state index in [1.54, 1.807) is 6.92 Å². The topological polar surface area (TPSA) is 133 Å². The largest absolute Gasteiger partial charge is 0.409 e. The lowest BCUT2D eigenvalue weighted by molar-refractivity contribution is 0.318. The van der Waals surface area contributed by atoms with Crippen LogP contribution in [0.1, 0.15) is 11.3 Å². The number of H-pyrrole nitrogens is 1. The minimum Gasteiger partial charge on any atom is -0.409 e. The molecule has 0 spiro atoms. The van der Waals surface area contributed by atoms with E-state index in [9.17, 15) is 8.42 Å². The summed E-state index contributed by atoms with van der Waals surface area (Å²) in [4.78, 5) is -0.00654. The monoisotopic (exact) mass is 329 g/mol. The maximum atomic E-state index is 12.3. The average molecular weight is 330 g/mol. The molecule has 2 aromatic rings. The molecule has 0 saturated carbocycles. The van der Waals surface area contributed by atoms with Crippen LogP contribution in [0.15, 0.2) is 34.4 Å². The third-order valence-electron chi connectivity index (χ3n) is 2.68. The summed E-state index contributed by atoms with van der Waals surface area (Å²) in [6.07, 6.45) is 1.19. The summed E-state index contributed by atoms with van der Waals surface area (Å²) in [6.45, 7) is 1.57. The number of amidine groups is 1. The molecule has 5 N–H and O–H groups in total. The summed E-state index contributed by atoms with van der Waals surface area (Å²) in [7, 11) is -3.88. The number of halogens is 1. The molecule has 0 aliphatic rings. The van der Waals surface area contributed by atoms with E-state index >= 15 is 0 Å². The number of nitrogens with zero attached hydrogens (tertiary/aromatic N) is 2. The SMILES string of the molecule is Cc1[nH]ncc1S(=O)(=O)Nc1cc(Cl)ccc1C(N)=NO. The van der Waals surface area contributed by atoms with Crippen molar-refractivity contribution in [2.45, 2.75) is 11.8 Å². The number of nitrogens with one attached hydrogen (secondary N) is 2. The van der Waals surface area contributed by atoms with E-state index < -0.39 is 10.0 Å². The molecule has 1 heterocycles. The zero-order valence-electron chi connectivity index (χ0n) is 10.8. The summed E-state index contributed by atoms with van der Waals surface area (Å²) in [5.41, 5.74) is 6.20. The van der Waals surface area contributed by atoms with Gasteiger partial charge in [0.1, 0.15) is 4.90 Å². The zero-order valence-corrected chi connectivity index (χ0v) is 12.4. The normalized spacial score (nSPS) is 12.4. The molecule has 0 aliphatic heterocycles. The number of sulfonamides is 1. The number of hydrogen-bond acceptors (Lipinski definition) is 5. The molecule has 0 fully saturated rings. The molecule has 0 saturated heterocycles. The highest BCUT2D eigenvalue weighted by atomic mass is 35.5. The van der Waals surface area contributed by atoms with Crippen LogP contribution in [0.3, 0.4) is 0 Å². The van der Waals surface area contributed by atoms with Gasteiger partial charge < -0.3 is 10.9 Å². The van der Waals surface area contributed by atoms with Crippen molar-refractivity contribution >= 4 is 33.1 Å². The third kappa shape index (κ3) is 3.09. The molecule has 2 rings (SSSR count). The van der Waals surface area contributed by atoms with Gasteiger partial charge in [-0.1, -0.05) is 16.8 Å².